The summed E-state index contributed by atoms with van der Waals surface area (Å²) >= 11 is 0. The number of hydroxylamine groups is 2. The van der Waals surface area contributed by atoms with E-state index in [4.69, 9.17) is 9.57 Å². The molecule has 0 bridgehead atoms. The molecule has 0 unspecified atom stereocenters. The normalized spacial score (nSPS) is 13.7. The largest absolute Gasteiger partial charge is 0.424 e. The lowest BCUT2D eigenvalue weighted by molar-refractivity contribution is -0.121. The van der Waals surface area contributed by atoms with Crippen LogP contribution in [0, 0.1) is 5.82 Å². The number of hydrogen-bond acceptors (Lipinski definition) is 6. The second-order valence-corrected chi connectivity index (χ2v) is 5.97. The number of benzene rings is 2. The highest BCUT2D eigenvalue weighted by molar-refractivity contribution is 5.91. The van der Waals surface area contributed by atoms with Gasteiger partial charge in [-0.1, -0.05) is 30.3 Å². The number of rotatable bonds is 6. The Labute approximate surface area is 160 Å². The first-order valence-electron chi connectivity index (χ1n) is 8.64. The molecule has 0 fully saturated rings. The second kappa shape index (κ2) is 7.98. The lowest BCUT2D eigenvalue weighted by Crippen LogP contribution is -2.20. The van der Waals surface area contributed by atoms with E-state index in [9.17, 15) is 9.18 Å². The third kappa shape index (κ3) is 3.74. The molecule has 0 saturated heterocycles. The van der Waals surface area contributed by atoms with E-state index in [1.807, 2.05) is 18.2 Å². The summed E-state index contributed by atoms with van der Waals surface area (Å²) < 4.78 is 19.0. The summed E-state index contributed by atoms with van der Waals surface area (Å²) in [6.07, 6.45) is 2.32. The van der Waals surface area contributed by atoms with Crippen LogP contribution in [0.15, 0.2) is 66.9 Å². The Kier molecular flexibility index (Phi) is 5.07. The average Bonchev–Trinajstić information content (AvgIpc) is 3.13. The number of aromatic nitrogens is 2. The lowest BCUT2D eigenvalue weighted by Gasteiger charge is -2.17. The zero-order chi connectivity index (χ0) is 19.3. The molecule has 3 aromatic rings. The third-order valence-corrected chi connectivity index (χ3v) is 4.16. The highest BCUT2D eigenvalue weighted by Crippen LogP contribution is 2.35. The molecule has 0 aliphatic carbocycles. The van der Waals surface area contributed by atoms with Gasteiger partial charge in [0.05, 0.1) is 11.4 Å². The molecule has 2 heterocycles. The van der Waals surface area contributed by atoms with E-state index in [0.717, 1.165) is 17.4 Å². The van der Waals surface area contributed by atoms with Crippen molar-refractivity contribution in [2.24, 2.45) is 0 Å². The molecule has 0 radical (unpaired) electrons. The van der Waals surface area contributed by atoms with Gasteiger partial charge in [0.25, 0.3) is 0 Å². The second-order valence-electron chi connectivity index (χ2n) is 5.97. The van der Waals surface area contributed by atoms with Gasteiger partial charge in [-0.3, -0.25) is 4.84 Å². The molecule has 1 aliphatic rings. The van der Waals surface area contributed by atoms with E-state index >= 15 is 0 Å². The molecule has 140 valence electrons. The van der Waals surface area contributed by atoms with Crippen LogP contribution in [0.2, 0.25) is 0 Å². The summed E-state index contributed by atoms with van der Waals surface area (Å²) in [4.78, 5) is 25.4. The van der Waals surface area contributed by atoms with Crippen LogP contribution < -0.4 is 4.74 Å². The first kappa shape index (κ1) is 17.8. The quantitative estimate of drug-likeness (QED) is 0.610. The van der Waals surface area contributed by atoms with Crippen LogP contribution in [0.4, 0.5) is 4.39 Å². The number of halogens is 1. The maximum Gasteiger partial charge on any atom is 0.322 e. The fourth-order valence-corrected chi connectivity index (χ4v) is 2.91. The van der Waals surface area contributed by atoms with Crippen molar-refractivity contribution in [2.75, 3.05) is 13.2 Å². The van der Waals surface area contributed by atoms with Gasteiger partial charge < -0.3 is 9.53 Å². The van der Waals surface area contributed by atoms with Crippen LogP contribution in [0.25, 0.3) is 11.3 Å². The van der Waals surface area contributed by atoms with Crippen LogP contribution in [0.1, 0.15) is 11.3 Å². The summed E-state index contributed by atoms with van der Waals surface area (Å²) in [7, 11) is 0. The molecule has 6 nitrogen and oxygen atoms in total. The van der Waals surface area contributed by atoms with Gasteiger partial charge in [-0.15, -0.1) is 0 Å². The number of hydrogen-bond donors (Lipinski definition) is 0. The number of ether oxygens (including phenoxy) is 1. The van der Waals surface area contributed by atoms with Gasteiger partial charge in [0.1, 0.15) is 31.0 Å². The molecule has 7 heteroatoms. The summed E-state index contributed by atoms with van der Waals surface area (Å²) in [5.41, 5.74) is 2.75. The Morgan fingerprint density at radius 3 is 2.64 bits per heavy atom. The van der Waals surface area contributed by atoms with Crippen LogP contribution in [0.5, 0.6) is 11.8 Å². The molecule has 1 aliphatic heterocycles. The van der Waals surface area contributed by atoms with E-state index in [1.165, 1.54) is 17.2 Å². The Bertz CT molecular complexity index is 1010. The van der Waals surface area contributed by atoms with Crippen LogP contribution >= 0.6 is 0 Å². The zero-order valence-corrected chi connectivity index (χ0v) is 14.8. The van der Waals surface area contributed by atoms with E-state index in [-0.39, 0.29) is 25.0 Å². The Morgan fingerprint density at radius 2 is 1.89 bits per heavy atom. The lowest BCUT2D eigenvalue weighted by atomic mass is 10.0. The van der Waals surface area contributed by atoms with Crippen LogP contribution in [-0.2, 0) is 9.63 Å². The highest BCUT2D eigenvalue weighted by atomic mass is 19.1. The van der Waals surface area contributed by atoms with Gasteiger partial charge >= 0.3 is 6.01 Å². The minimum Gasteiger partial charge on any atom is -0.424 e. The Balaban J connectivity index is 1.74. The Hall–Kier alpha value is -3.58. The SMILES string of the molecule is O=CCN1OCC(c2ccc(F)cc2)=C1c1ccnc(Oc2ccccc2)n1. The molecule has 2 aromatic carbocycles. The number of carbonyl (C=O) groups excluding carboxylic acids is 1. The number of aldehydes is 1. The molecule has 4 rings (SSSR count). The van der Waals surface area contributed by atoms with E-state index < -0.39 is 0 Å². The van der Waals surface area contributed by atoms with E-state index in [0.29, 0.717) is 17.1 Å². The minimum atomic E-state index is -0.324. The fourth-order valence-electron chi connectivity index (χ4n) is 2.91. The number of carbonyl (C=O) groups is 1. The van der Waals surface area contributed by atoms with Crippen molar-refractivity contribution in [2.45, 2.75) is 0 Å². The highest BCUT2D eigenvalue weighted by Gasteiger charge is 2.27. The molecule has 0 saturated carbocycles. The van der Waals surface area contributed by atoms with Gasteiger partial charge in [0.15, 0.2) is 0 Å². The third-order valence-electron chi connectivity index (χ3n) is 4.16. The molecule has 0 N–H and O–H groups in total. The van der Waals surface area contributed by atoms with Gasteiger partial charge in [0.2, 0.25) is 0 Å². The molecule has 0 atom stereocenters. The van der Waals surface area contributed by atoms with Gasteiger partial charge in [-0.05, 0) is 35.9 Å². The first-order chi connectivity index (χ1) is 13.7. The number of nitrogens with zero attached hydrogens (tertiary/aromatic N) is 3. The molecule has 28 heavy (non-hydrogen) atoms. The minimum absolute atomic E-state index is 0.0406. The van der Waals surface area contributed by atoms with Crippen molar-refractivity contribution >= 4 is 17.6 Å². The van der Waals surface area contributed by atoms with Crippen molar-refractivity contribution < 1.29 is 18.8 Å². The zero-order valence-electron chi connectivity index (χ0n) is 14.8. The van der Waals surface area contributed by atoms with Crippen molar-refractivity contribution in [1.82, 2.24) is 15.0 Å². The molecule has 0 spiro atoms. The monoisotopic (exact) mass is 377 g/mol. The standard InChI is InChI=1S/C21H16FN3O3/c22-16-8-6-15(7-9-16)18-14-27-25(12-13-26)20(18)19-10-11-23-21(24-19)28-17-4-2-1-3-5-17/h1-11,13H,12,14H2. The summed E-state index contributed by atoms with van der Waals surface area (Å²) in [5, 5.41) is 1.47. The molecular formula is C21H16FN3O3. The van der Waals surface area contributed by atoms with Gasteiger partial charge in [-0.25, -0.2) is 14.4 Å². The van der Waals surface area contributed by atoms with Crippen molar-refractivity contribution in [3.63, 3.8) is 0 Å². The van der Waals surface area contributed by atoms with Crippen molar-refractivity contribution in [3.05, 3.63) is 83.9 Å². The van der Waals surface area contributed by atoms with Gasteiger partial charge in [-0.2, -0.15) is 4.98 Å². The smallest absolute Gasteiger partial charge is 0.322 e. The maximum atomic E-state index is 13.3. The number of para-hydroxylation sites is 1. The summed E-state index contributed by atoms with van der Waals surface area (Å²) in [6, 6.07) is 17.2. The van der Waals surface area contributed by atoms with Gasteiger partial charge in [0, 0.05) is 11.8 Å². The predicted molar refractivity (Wildman–Crippen MR) is 100 cm³/mol. The summed E-state index contributed by atoms with van der Waals surface area (Å²) in [5.74, 6) is 0.287. The van der Waals surface area contributed by atoms with Crippen LogP contribution in [-0.4, -0.2) is 34.5 Å². The van der Waals surface area contributed by atoms with E-state index in [1.54, 1.807) is 36.5 Å². The summed E-state index contributed by atoms with van der Waals surface area (Å²) in [6.45, 7) is 0.284. The average molecular weight is 377 g/mol. The predicted octanol–water partition coefficient (Wildman–Crippen LogP) is 3.72. The Morgan fingerprint density at radius 1 is 1.11 bits per heavy atom. The first-order valence-corrected chi connectivity index (χ1v) is 8.64. The topological polar surface area (TPSA) is 64.6 Å². The molecular weight excluding hydrogens is 361 g/mol. The molecule has 0 amide bonds. The van der Waals surface area contributed by atoms with E-state index in [2.05, 4.69) is 9.97 Å². The van der Waals surface area contributed by atoms with Crippen molar-refractivity contribution in [3.8, 4) is 11.8 Å². The maximum absolute atomic E-state index is 13.3. The van der Waals surface area contributed by atoms with Crippen LogP contribution in [0.3, 0.4) is 0 Å². The van der Waals surface area contributed by atoms with Crippen molar-refractivity contribution in [1.29, 1.82) is 0 Å². The fraction of sp³-hybridized carbons (Fsp3) is 0.0952. The molecule has 1 aromatic heterocycles.